The Labute approximate surface area is 131 Å². The third-order valence-electron chi connectivity index (χ3n) is 4.19. The Morgan fingerprint density at radius 1 is 1.14 bits per heavy atom. The van der Waals surface area contributed by atoms with Crippen LogP contribution in [0.25, 0.3) is 0 Å². The maximum absolute atomic E-state index is 5.54. The van der Waals surface area contributed by atoms with Crippen molar-refractivity contribution in [2.75, 3.05) is 13.7 Å². The molecule has 1 aromatic rings. The van der Waals surface area contributed by atoms with E-state index < -0.39 is 0 Å². The van der Waals surface area contributed by atoms with Gasteiger partial charge in [-0.25, -0.2) is 0 Å². The van der Waals surface area contributed by atoms with E-state index in [1.165, 1.54) is 37.7 Å². The molecule has 1 unspecified atom stereocenters. The highest BCUT2D eigenvalue weighted by atomic mass is 16.5. The van der Waals surface area contributed by atoms with Crippen molar-refractivity contribution in [1.29, 1.82) is 0 Å². The highest BCUT2D eigenvalue weighted by Gasteiger charge is 2.18. The van der Waals surface area contributed by atoms with Gasteiger partial charge < -0.3 is 10.1 Å². The number of aryl methyl sites for hydroxylation is 1. The van der Waals surface area contributed by atoms with Gasteiger partial charge in [0.1, 0.15) is 0 Å². The summed E-state index contributed by atoms with van der Waals surface area (Å²) >= 11 is 0. The number of ether oxygens (including phenoxy) is 1. The molecule has 0 aliphatic rings. The summed E-state index contributed by atoms with van der Waals surface area (Å²) in [6.07, 6.45) is 7.17. The van der Waals surface area contributed by atoms with Gasteiger partial charge in [-0.2, -0.15) is 0 Å². The third-order valence-corrected chi connectivity index (χ3v) is 4.19. The van der Waals surface area contributed by atoms with Crippen molar-refractivity contribution in [1.82, 2.24) is 5.32 Å². The van der Waals surface area contributed by atoms with Gasteiger partial charge in [-0.1, -0.05) is 37.3 Å². The normalized spacial score (nSPS) is 13.3. The molecule has 0 bridgehead atoms. The molecule has 0 aromatic heterocycles. The van der Waals surface area contributed by atoms with Gasteiger partial charge in [0, 0.05) is 13.2 Å². The molecule has 0 saturated heterocycles. The molecule has 120 valence electrons. The molecule has 0 aliphatic carbocycles. The topological polar surface area (TPSA) is 21.3 Å². The van der Waals surface area contributed by atoms with Gasteiger partial charge in [0.25, 0.3) is 0 Å². The first kappa shape index (κ1) is 18.2. The third kappa shape index (κ3) is 8.23. The Balaban J connectivity index is 2.35. The van der Waals surface area contributed by atoms with Crippen molar-refractivity contribution in [2.45, 2.75) is 70.9 Å². The van der Waals surface area contributed by atoms with Gasteiger partial charge >= 0.3 is 0 Å². The van der Waals surface area contributed by atoms with Crippen LogP contribution in [0, 0.1) is 0 Å². The van der Waals surface area contributed by atoms with Crippen LogP contribution in [0.5, 0.6) is 0 Å². The van der Waals surface area contributed by atoms with Crippen LogP contribution in [0.15, 0.2) is 30.3 Å². The fourth-order valence-corrected chi connectivity index (χ4v) is 2.52. The molecule has 1 rings (SSSR count). The number of hydrogen-bond donors (Lipinski definition) is 1. The Morgan fingerprint density at radius 2 is 1.86 bits per heavy atom. The Morgan fingerprint density at radius 3 is 2.48 bits per heavy atom. The van der Waals surface area contributed by atoms with E-state index in [-0.39, 0.29) is 5.60 Å². The van der Waals surface area contributed by atoms with E-state index in [9.17, 15) is 0 Å². The molecule has 21 heavy (non-hydrogen) atoms. The summed E-state index contributed by atoms with van der Waals surface area (Å²) in [7, 11) is 1.81. The molecule has 1 atom stereocenters. The number of nitrogens with one attached hydrogen (secondary N) is 1. The highest BCUT2D eigenvalue weighted by molar-refractivity contribution is 5.14. The van der Waals surface area contributed by atoms with E-state index in [1.54, 1.807) is 0 Å². The van der Waals surface area contributed by atoms with Crippen LogP contribution >= 0.6 is 0 Å². The van der Waals surface area contributed by atoms with Crippen LogP contribution in [0.2, 0.25) is 0 Å². The van der Waals surface area contributed by atoms with Crippen molar-refractivity contribution in [3.05, 3.63) is 35.9 Å². The summed E-state index contributed by atoms with van der Waals surface area (Å²) in [6.45, 7) is 7.69. The van der Waals surface area contributed by atoms with E-state index in [2.05, 4.69) is 56.4 Å². The molecular weight excluding hydrogens is 258 g/mol. The fraction of sp³-hybridized carbons (Fsp3) is 0.684. The lowest BCUT2D eigenvalue weighted by Crippen LogP contribution is -2.33. The second-order valence-corrected chi connectivity index (χ2v) is 6.53. The zero-order valence-electron chi connectivity index (χ0n) is 14.3. The minimum absolute atomic E-state index is 0.00836. The summed E-state index contributed by atoms with van der Waals surface area (Å²) in [5.41, 5.74) is 1.44. The SMILES string of the molecule is CCCNC(CCCc1ccccc1)CCC(C)(C)OC. The molecule has 1 N–H and O–H groups in total. The molecule has 2 nitrogen and oxygen atoms in total. The predicted molar refractivity (Wildman–Crippen MR) is 91.8 cm³/mol. The quantitative estimate of drug-likeness (QED) is 0.644. The average molecular weight is 291 g/mol. The molecule has 0 spiro atoms. The predicted octanol–water partition coefficient (Wildman–Crippen LogP) is 4.58. The van der Waals surface area contributed by atoms with Crippen LogP contribution in [0.3, 0.4) is 0 Å². The molecule has 0 fully saturated rings. The minimum atomic E-state index is -0.00836. The lowest BCUT2D eigenvalue weighted by molar-refractivity contribution is 0.0115. The number of benzene rings is 1. The van der Waals surface area contributed by atoms with E-state index in [4.69, 9.17) is 4.74 Å². The van der Waals surface area contributed by atoms with Crippen LogP contribution in [-0.4, -0.2) is 25.3 Å². The van der Waals surface area contributed by atoms with Crippen molar-refractivity contribution >= 4 is 0 Å². The monoisotopic (exact) mass is 291 g/mol. The van der Waals surface area contributed by atoms with Crippen molar-refractivity contribution in [3.8, 4) is 0 Å². The zero-order valence-corrected chi connectivity index (χ0v) is 14.3. The fourth-order valence-electron chi connectivity index (χ4n) is 2.52. The van der Waals surface area contributed by atoms with Crippen LogP contribution in [0.1, 0.15) is 58.4 Å². The summed E-state index contributed by atoms with van der Waals surface area (Å²) in [6, 6.07) is 11.4. The number of methoxy groups -OCH3 is 1. The Bertz CT molecular complexity index is 361. The zero-order chi connectivity index (χ0) is 15.6. The summed E-state index contributed by atoms with van der Waals surface area (Å²) < 4.78 is 5.54. The summed E-state index contributed by atoms with van der Waals surface area (Å²) in [5.74, 6) is 0. The summed E-state index contributed by atoms with van der Waals surface area (Å²) in [4.78, 5) is 0. The molecule has 0 aliphatic heterocycles. The van der Waals surface area contributed by atoms with Gasteiger partial charge in [-0.05, 0) is 64.5 Å². The molecule has 0 heterocycles. The van der Waals surface area contributed by atoms with Crippen LogP contribution < -0.4 is 5.32 Å². The first-order valence-electron chi connectivity index (χ1n) is 8.40. The first-order valence-corrected chi connectivity index (χ1v) is 8.40. The Hall–Kier alpha value is -0.860. The molecule has 0 amide bonds. The van der Waals surface area contributed by atoms with Gasteiger partial charge in [0.05, 0.1) is 5.60 Å². The molecule has 1 aromatic carbocycles. The smallest absolute Gasteiger partial charge is 0.0623 e. The summed E-state index contributed by atoms with van der Waals surface area (Å²) in [5, 5.41) is 3.70. The van der Waals surface area contributed by atoms with Crippen LogP contribution in [0.4, 0.5) is 0 Å². The van der Waals surface area contributed by atoms with Gasteiger partial charge in [0.15, 0.2) is 0 Å². The second-order valence-electron chi connectivity index (χ2n) is 6.53. The standard InChI is InChI=1S/C19H33NO/c1-5-16-20-18(14-15-19(2,3)21-4)13-9-12-17-10-7-6-8-11-17/h6-8,10-11,18,20H,5,9,12-16H2,1-4H3. The number of hydrogen-bond acceptors (Lipinski definition) is 2. The molecule has 0 saturated carbocycles. The minimum Gasteiger partial charge on any atom is -0.379 e. The maximum atomic E-state index is 5.54. The number of rotatable bonds is 11. The Kier molecular flexibility index (Phi) is 8.63. The van der Waals surface area contributed by atoms with Gasteiger partial charge in [0.2, 0.25) is 0 Å². The lowest BCUT2D eigenvalue weighted by atomic mass is 9.95. The van der Waals surface area contributed by atoms with Crippen molar-refractivity contribution in [2.24, 2.45) is 0 Å². The van der Waals surface area contributed by atoms with E-state index in [1.807, 2.05) is 7.11 Å². The largest absolute Gasteiger partial charge is 0.379 e. The van der Waals surface area contributed by atoms with Gasteiger partial charge in [-0.3, -0.25) is 0 Å². The van der Waals surface area contributed by atoms with E-state index in [0.29, 0.717) is 6.04 Å². The van der Waals surface area contributed by atoms with Crippen LogP contribution in [-0.2, 0) is 11.2 Å². The lowest BCUT2D eigenvalue weighted by Gasteiger charge is -2.26. The average Bonchev–Trinajstić information content (AvgIpc) is 2.50. The van der Waals surface area contributed by atoms with Crippen molar-refractivity contribution in [3.63, 3.8) is 0 Å². The first-order chi connectivity index (χ1) is 10.1. The maximum Gasteiger partial charge on any atom is 0.0623 e. The second kappa shape index (κ2) is 9.97. The molecule has 0 radical (unpaired) electrons. The highest BCUT2D eigenvalue weighted by Crippen LogP contribution is 2.19. The van der Waals surface area contributed by atoms with E-state index in [0.717, 1.165) is 13.0 Å². The van der Waals surface area contributed by atoms with Gasteiger partial charge in [-0.15, -0.1) is 0 Å². The molecule has 2 heteroatoms. The van der Waals surface area contributed by atoms with Crippen molar-refractivity contribution < 1.29 is 4.74 Å². The molecular formula is C19H33NO. The van der Waals surface area contributed by atoms with E-state index >= 15 is 0 Å².